The van der Waals surface area contributed by atoms with E-state index in [2.05, 4.69) is 16.4 Å². The summed E-state index contributed by atoms with van der Waals surface area (Å²) in [5, 5.41) is 12.8. The highest BCUT2D eigenvalue weighted by atomic mass is 32.1. The SMILES string of the molecule is N#CC1(C(=O)Nc2nc3c(s2)CCC3)CCOCC1. The molecule has 1 aromatic heterocycles. The van der Waals surface area contributed by atoms with E-state index in [9.17, 15) is 10.1 Å². The van der Waals surface area contributed by atoms with Gasteiger partial charge in [0, 0.05) is 18.1 Å². The van der Waals surface area contributed by atoms with Crippen LogP contribution in [0.1, 0.15) is 29.8 Å². The van der Waals surface area contributed by atoms with Gasteiger partial charge in [-0.05, 0) is 32.1 Å². The van der Waals surface area contributed by atoms with Crippen molar-refractivity contribution in [2.45, 2.75) is 32.1 Å². The number of aryl methyl sites for hydroxylation is 2. The van der Waals surface area contributed by atoms with Crippen LogP contribution in [0, 0.1) is 16.7 Å². The lowest BCUT2D eigenvalue weighted by Gasteiger charge is -2.28. The van der Waals surface area contributed by atoms with Gasteiger partial charge < -0.3 is 10.1 Å². The first-order valence-electron chi connectivity index (χ1n) is 6.52. The highest BCUT2D eigenvalue weighted by Gasteiger charge is 2.41. The second kappa shape index (κ2) is 4.91. The van der Waals surface area contributed by atoms with Gasteiger partial charge in [-0.15, -0.1) is 11.3 Å². The molecule has 0 aromatic carbocycles. The number of thiazole rings is 1. The number of fused-ring (bicyclic) bond motifs is 1. The number of hydrogen-bond acceptors (Lipinski definition) is 5. The molecule has 2 heterocycles. The van der Waals surface area contributed by atoms with Crippen LogP contribution in [0.25, 0.3) is 0 Å². The summed E-state index contributed by atoms with van der Waals surface area (Å²) < 4.78 is 5.23. The Labute approximate surface area is 115 Å². The van der Waals surface area contributed by atoms with Crippen molar-refractivity contribution in [3.63, 3.8) is 0 Å². The molecule has 1 aliphatic heterocycles. The molecule has 0 unspecified atom stereocenters. The lowest BCUT2D eigenvalue weighted by molar-refractivity contribution is -0.126. The molecule has 0 spiro atoms. The molecule has 1 N–H and O–H groups in total. The first-order chi connectivity index (χ1) is 9.23. The Morgan fingerprint density at radius 1 is 1.42 bits per heavy atom. The highest BCUT2D eigenvalue weighted by Crippen LogP contribution is 2.34. The second-order valence-electron chi connectivity index (χ2n) is 5.00. The number of ether oxygens (including phenoxy) is 1. The molecule has 0 saturated carbocycles. The molecule has 5 nitrogen and oxygen atoms in total. The van der Waals surface area contributed by atoms with Crippen LogP contribution in [-0.2, 0) is 22.4 Å². The number of nitrogens with one attached hydrogen (secondary N) is 1. The monoisotopic (exact) mass is 277 g/mol. The molecule has 19 heavy (non-hydrogen) atoms. The average Bonchev–Trinajstić information content (AvgIpc) is 3.00. The van der Waals surface area contributed by atoms with Crippen molar-refractivity contribution in [2.24, 2.45) is 5.41 Å². The Kier molecular flexibility index (Phi) is 3.25. The van der Waals surface area contributed by atoms with Crippen molar-refractivity contribution < 1.29 is 9.53 Å². The molecule has 1 aliphatic carbocycles. The van der Waals surface area contributed by atoms with Crippen LogP contribution in [0.15, 0.2) is 0 Å². The van der Waals surface area contributed by atoms with Crippen molar-refractivity contribution in [1.29, 1.82) is 5.26 Å². The van der Waals surface area contributed by atoms with Crippen LogP contribution < -0.4 is 5.32 Å². The maximum atomic E-state index is 12.3. The first kappa shape index (κ1) is 12.6. The minimum absolute atomic E-state index is 0.231. The third-order valence-electron chi connectivity index (χ3n) is 3.81. The molecule has 6 heteroatoms. The number of nitrogens with zero attached hydrogens (tertiary/aromatic N) is 2. The van der Waals surface area contributed by atoms with E-state index in [1.165, 1.54) is 16.2 Å². The molecule has 0 radical (unpaired) electrons. The van der Waals surface area contributed by atoms with Crippen molar-refractivity contribution in [2.75, 3.05) is 18.5 Å². The lowest BCUT2D eigenvalue weighted by atomic mass is 9.81. The largest absolute Gasteiger partial charge is 0.381 e. The predicted molar refractivity (Wildman–Crippen MR) is 70.9 cm³/mol. The van der Waals surface area contributed by atoms with Gasteiger partial charge in [0.2, 0.25) is 5.91 Å². The minimum atomic E-state index is -0.950. The molecule has 3 rings (SSSR count). The Hall–Kier alpha value is -1.45. The number of carbonyl (C=O) groups is 1. The molecule has 100 valence electrons. The fourth-order valence-electron chi connectivity index (χ4n) is 2.57. The maximum Gasteiger partial charge on any atom is 0.246 e. The third-order valence-corrected chi connectivity index (χ3v) is 4.88. The van der Waals surface area contributed by atoms with Gasteiger partial charge in [-0.25, -0.2) is 4.98 Å². The summed E-state index contributed by atoms with van der Waals surface area (Å²) in [5.41, 5.74) is 0.159. The number of aromatic nitrogens is 1. The fraction of sp³-hybridized carbons (Fsp3) is 0.615. The third kappa shape index (κ3) is 2.24. The topological polar surface area (TPSA) is 75.0 Å². The standard InChI is InChI=1S/C13H15N3O2S/c14-8-13(4-6-18-7-5-13)11(17)16-12-15-9-2-1-3-10(9)19-12/h1-7H2,(H,15,16,17). The van der Waals surface area contributed by atoms with Crippen molar-refractivity contribution in [3.8, 4) is 6.07 Å². The van der Waals surface area contributed by atoms with Gasteiger partial charge in [-0.1, -0.05) is 0 Å². The van der Waals surface area contributed by atoms with Gasteiger partial charge in [-0.3, -0.25) is 4.79 Å². The highest BCUT2D eigenvalue weighted by molar-refractivity contribution is 7.15. The Balaban J connectivity index is 1.74. The quantitative estimate of drug-likeness (QED) is 0.895. The summed E-state index contributed by atoms with van der Waals surface area (Å²) in [4.78, 5) is 18.0. The van der Waals surface area contributed by atoms with Crippen molar-refractivity contribution in [1.82, 2.24) is 4.98 Å². The van der Waals surface area contributed by atoms with Crippen LogP contribution in [0.5, 0.6) is 0 Å². The summed E-state index contributed by atoms with van der Waals surface area (Å²) >= 11 is 1.54. The van der Waals surface area contributed by atoms with Gasteiger partial charge in [0.15, 0.2) is 5.13 Å². The molecule has 0 bridgehead atoms. The Morgan fingerprint density at radius 2 is 2.21 bits per heavy atom. The van der Waals surface area contributed by atoms with Gasteiger partial charge >= 0.3 is 0 Å². The number of carbonyl (C=O) groups excluding carboxylic acids is 1. The lowest BCUT2D eigenvalue weighted by Crippen LogP contribution is -2.39. The van der Waals surface area contributed by atoms with Crippen molar-refractivity contribution >= 4 is 22.4 Å². The molecular weight excluding hydrogens is 262 g/mol. The van der Waals surface area contributed by atoms with E-state index in [1.807, 2.05) is 0 Å². The van der Waals surface area contributed by atoms with E-state index < -0.39 is 5.41 Å². The van der Waals surface area contributed by atoms with E-state index >= 15 is 0 Å². The first-order valence-corrected chi connectivity index (χ1v) is 7.34. The average molecular weight is 277 g/mol. The molecular formula is C13H15N3O2S. The number of hydrogen-bond donors (Lipinski definition) is 1. The van der Waals surface area contributed by atoms with Gasteiger partial charge in [-0.2, -0.15) is 5.26 Å². The molecule has 1 amide bonds. The summed E-state index contributed by atoms with van der Waals surface area (Å²) in [6.45, 7) is 0.935. The zero-order valence-electron chi connectivity index (χ0n) is 10.6. The van der Waals surface area contributed by atoms with Crippen LogP contribution in [0.4, 0.5) is 5.13 Å². The van der Waals surface area contributed by atoms with Crippen LogP contribution >= 0.6 is 11.3 Å². The summed E-state index contributed by atoms with van der Waals surface area (Å²) in [7, 11) is 0. The maximum absolute atomic E-state index is 12.3. The number of rotatable bonds is 2. The normalized spacial score (nSPS) is 20.6. The molecule has 1 aromatic rings. The van der Waals surface area contributed by atoms with Crippen molar-refractivity contribution in [3.05, 3.63) is 10.6 Å². The van der Waals surface area contributed by atoms with E-state index in [-0.39, 0.29) is 5.91 Å². The molecule has 0 atom stereocenters. The predicted octanol–water partition coefficient (Wildman–Crippen LogP) is 1.89. The minimum Gasteiger partial charge on any atom is -0.381 e. The summed E-state index contributed by atoms with van der Waals surface area (Å²) in [6, 6.07) is 2.17. The van der Waals surface area contributed by atoms with E-state index in [4.69, 9.17) is 4.74 Å². The number of nitriles is 1. The molecule has 1 saturated heterocycles. The number of amides is 1. The zero-order valence-corrected chi connectivity index (χ0v) is 11.4. The Morgan fingerprint density at radius 3 is 2.89 bits per heavy atom. The second-order valence-corrected chi connectivity index (χ2v) is 6.09. The number of anilines is 1. The van der Waals surface area contributed by atoms with Gasteiger partial charge in [0.05, 0.1) is 11.8 Å². The summed E-state index contributed by atoms with van der Waals surface area (Å²) in [5.74, 6) is -0.231. The molecule has 2 aliphatic rings. The zero-order chi connectivity index (χ0) is 13.3. The van der Waals surface area contributed by atoms with Gasteiger partial charge in [0.25, 0.3) is 0 Å². The Bertz CT molecular complexity index is 519. The molecule has 1 fully saturated rings. The van der Waals surface area contributed by atoms with Gasteiger partial charge in [0.1, 0.15) is 5.41 Å². The van der Waals surface area contributed by atoms with Crippen LogP contribution in [0.2, 0.25) is 0 Å². The van der Waals surface area contributed by atoms with E-state index in [1.54, 1.807) is 0 Å². The smallest absolute Gasteiger partial charge is 0.246 e. The van der Waals surface area contributed by atoms with E-state index in [0.29, 0.717) is 31.2 Å². The van der Waals surface area contributed by atoms with Crippen LogP contribution in [0.3, 0.4) is 0 Å². The van der Waals surface area contributed by atoms with Crippen LogP contribution in [-0.4, -0.2) is 24.1 Å². The summed E-state index contributed by atoms with van der Waals surface area (Å²) in [6.07, 6.45) is 4.13. The van der Waals surface area contributed by atoms with E-state index in [0.717, 1.165) is 25.0 Å². The fourth-order valence-corrected chi connectivity index (χ4v) is 3.61.